The van der Waals surface area contributed by atoms with Gasteiger partial charge in [-0.3, -0.25) is 4.79 Å². The fraction of sp³-hybridized carbons (Fsp3) is 0.933. The van der Waals surface area contributed by atoms with E-state index in [9.17, 15) is 4.79 Å². The van der Waals surface area contributed by atoms with Gasteiger partial charge in [0.05, 0.1) is 6.10 Å². The Balaban J connectivity index is 2.57. The van der Waals surface area contributed by atoms with Crippen LogP contribution in [0.4, 0.5) is 0 Å². The van der Waals surface area contributed by atoms with Gasteiger partial charge < -0.3 is 15.2 Å². The SMILES string of the molecule is CC(C)CO[C@H](C1CCCC1)[C@H](C)OC(=O)[C@H](C)N. The topological polar surface area (TPSA) is 61.5 Å². The predicted octanol–water partition coefficient (Wildman–Crippen LogP) is 2.50. The Morgan fingerprint density at radius 1 is 1.21 bits per heavy atom. The Morgan fingerprint density at radius 3 is 2.26 bits per heavy atom. The molecule has 0 aromatic heterocycles. The van der Waals surface area contributed by atoms with Gasteiger partial charge in [0.2, 0.25) is 0 Å². The minimum atomic E-state index is -0.572. The molecule has 0 aliphatic heterocycles. The van der Waals surface area contributed by atoms with E-state index in [1.165, 1.54) is 25.7 Å². The summed E-state index contributed by atoms with van der Waals surface area (Å²) < 4.78 is 11.4. The normalized spacial score (nSPS) is 21.4. The molecule has 1 saturated carbocycles. The lowest BCUT2D eigenvalue weighted by atomic mass is 9.96. The van der Waals surface area contributed by atoms with E-state index in [1.54, 1.807) is 6.92 Å². The molecule has 0 amide bonds. The molecule has 0 saturated heterocycles. The fourth-order valence-corrected chi connectivity index (χ4v) is 2.60. The van der Waals surface area contributed by atoms with Crippen LogP contribution >= 0.6 is 0 Å². The summed E-state index contributed by atoms with van der Waals surface area (Å²) in [6.45, 7) is 8.54. The lowest BCUT2D eigenvalue weighted by Crippen LogP contribution is -2.40. The number of hydrogen-bond donors (Lipinski definition) is 1. The highest BCUT2D eigenvalue weighted by Gasteiger charge is 2.32. The van der Waals surface area contributed by atoms with E-state index in [0.717, 1.165) is 0 Å². The second kappa shape index (κ2) is 7.85. The summed E-state index contributed by atoms with van der Waals surface area (Å²) in [5, 5.41) is 0. The molecule has 0 bridgehead atoms. The molecule has 1 aliphatic carbocycles. The third-order valence-corrected chi connectivity index (χ3v) is 3.62. The number of ether oxygens (including phenoxy) is 2. The summed E-state index contributed by atoms with van der Waals surface area (Å²) in [4.78, 5) is 11.6. The smallest absolute Gasteiger partial charge is 0.322 e. The molecule has 1 aliphatic rings. The Labute approximate surface area is 117 Å². The summed E-state index contributed by atoms with van der Waals surface area (Å²) in [6, 6.07) is -0.572. The highest BCUT2D eigenvalue weighted by molar-refractivity contribution is 5.75. The zero-order chi connectivity index (χ0) is 14.4. The minimum absolute atomic E-state index is 0.00704. The quantitative estimate of drug-likeness (QED) is 0.723. The monoisotopic (exact) mass is 271 g/mol. The van der Waals surface area contributed by atoms with Gasteiger partial charge >= 0.3 is 5.97 Å². The molecule has 4 heteroatoms. The second-order valence-electron chi connectivity index (χ2n) is 6.17. The van der Waals surface area contributed by atoms with Gasteiger partial charge in [-0.1, -0.05) is 26.7 Å². The first-order chi connectivity index (χ1) is 8.91. The number of nitrogens with two attached hydrogens (primary N) is 1. The molecule has 0 aromatic carbocycles. The fourth-order valence-electron chi connectivity index (χ4n) is 2.60. The molecule has 0 spiro atoms. The van der Waals surface area contributed by atoms with Crippen LogP contribution in [0.2, 0.25) is 0 Å². The largest absolute Gasteiger partial charge is 0.459 e. The van der Waals surface area contributed by atoms with Crippen LogP contribution in [0, 0.1) is 11.8 Å². The lowest BCUT2D eigenvalue weighted by Gasteiger charge is -2.30. The molecule has 0 aromatic rings. The van der Waals surface area contributed by atoms with Gasteiger partial charge in [0, 0.05) is 6.61 Å². The number of carbonyl (C=O) groups is 1. The summed E-state index contributed by atoms with van der Waals surface area (Å²) >= 11 is 0. The van der Waals surface area contributed by atoms with E-state index in [-0.39, 0.29) is 18.2 Å². The van der Waals surface area contributed by atoms with Crippen LogP contribution in [0.3, 0.4) is 0 Å². The van der Waals surface area contributed by atoms with E-state index >= 15 is 0 Å². The Kier molecular flexibility index (Phi) is 6.80. The van der Waals surface area contributed by atoms with Crippen LogP contribution < -0.4 is 5.73 Å². The van der Waals surface area contributed by atoms with Crippen molar-refractivity contribution in [3.05, 3.63) is 0 Å². The van der Waals surface area contributed by atoms with Gasteiger partial charge in [0.1, 0.15) is 12.1 Å². The number of hydrogen-bond acceptors (Lipinski definition) is 4. The van der Waals surface area contributed by atoms with Crippen molar-refractivity contribution < 1.29 is 14.3 Å². The van der Waals surface area contributed by atoms with Crippen molar-refractivity contribution in [1.82, 2.24) is 0 Å². The van der Waals surface area contributed by atoms with Gasteiger partial charge in [-0.05, 0) is 38.5 Å². The van der Waals surface area contributed by atoms with Crippen LogP contribution in [0.1, 0.15) is 53.4 Å². The van der Waals surface area contributed by atoms with Gasteiger partial charge in [0.15, 0.2) is 0 Å². The number of rotatable bonds is 7. The van der Waals surface area contributed by atoms with Gasteiger partial charge in [-0.15, -0.1) is 0 Å². The summed E-state index contributed by atoms with van der Waals surface area (Å²) in [5.74, 6) is 0.651. The number of esters is 1. The van der Waals surface area contributed by atoms with Crippen molar-refractivity contribution in [3.8, 4) is 0 Å². The van der Waals surface area contributed by atoms with E-state index < -0.39 is 6.04 Å². The highest BCUT2D eigenvalue weighted by atomic mass is 16.6. The van der Waals surface area contributed by atoms with Gasteiger partial charge in [0.25, 0.3) is 0 Å². The molecule has 0 unspecified atom stereocenters. The van der Waals surface area contributed by atoms with Crippen LogP contribution in [0.15, 0.2) is 0 Å². The van der Waals surface area contributed by atoms with Crippen LogP contribution in [0.5, 0.6) is 0 Å². The summed E-state index contributed by atoms with van der Waals surface area (Å²) in [6.07, 6.45) is 4.62. The molecule has 1 fully saturated rings. The summed E-state index contributed by atoms with van der Waals surface area (Å²) in [5.41, 5.74) is 5.54. The summed E-state index contributed by atoms with van der Waals surface area (Å²) in [7, 11) is 0. The maximum Gasteiger partial charge on any atom is 0.322 e. The molecule has 0 radical (unpaired) electrons. The lowest BCUT2D eigenvalue weighted by molar-refractivity contribution is -0.161. The first kappa shape index (κ1) is 16.4. The van der Waals surface area contributed by atoms with Gasteiger partial charge in [-0.25, -0.2) is 0 Å². The molecule has 1 rings (SSSR count). The molecule has 112 valence electrons. The van der Waals surface area contributed by atoms with Crippen molar-refractivity contribution in [2.45, 2.75) is 71.6 Å². The van der Waals surface area contributed by atoms with Crippen LogP contribution in [0.25, 0.3) is 0 Å². The second-order valence-corrected chi connectivity index (χ2v) is 6.17. The van der Waals surface area contributed by atoms with Crippen molar-refractivity contribution in [2.75, 3.05) is 6.61 Å². The maximum atomic E-state index is 11.6. The Bertz CT molecular complexity index is 273. The van der Waals surface area contributed by atoms with Crippen molar-refractivity contribution in [2.24, 2.45) is 17.6 Å². The molecular weight excluding hydrogens is 242 g/mol. The minimum Gasteiger partial charge on any atom is -0.459 e. The average molecular weight is 271 g/mol. The standard InChI is InChI=1S/C15H29NO3/c1-10(2)9-18-14(13-7-5-6-8-13)12(4)19-15(17)11(3)16/h10-14H,5-9,16H2,1-4H3/t11-,12-,14-/m0/s1. The third kappa shape index (κ3) is 5.49. The highest BCUT2D eigenvalue weighted by Crippen LogP contribution is 2.32. The van der Waals surface area contributed by atoms with E-state index in [1.807, 2.05) is 6.92 Å². The van der Waals surface area contributed by atoms with Crippen LogP contribution in [-0.2, 0) is 14.3 Å². The van der Waals surface area contributed by atoms with Crippen molar-refractivity contribution >= 4 is 5.97 Å². The molecule has 19 heavy (non-hydrogen) atoms. The van der Waals surface area contributed by atoms with E-state index in [0.29, 0.717) is 18.4 Å². The molecule has 3 atom stereocenters. The zero-order valence-electron chi connectivity index (χ0n) is 12.7. The molecular formula is C15H29NO3. The Hall–Kier alpha value is -0.610. The first-order valence-electron chi connectivity index (χ1n) is 7.49. The van der Waals surface area contributed by atoms with E-state index in [2.05, 4.69) is 13.8 Å². The van der Waals surface area contributed by atoms with E-state index in [4.69, 9.17) is 15.2 Å². The first-order valence-corrected chi connectivity index (χ1v) is 7.49. The van der Waals surface area contributed by atoms with Crippen molar-refractivity contribution in [3.63, 3.8) is 0 Å². The average Bonchev–Trinajstić information content (AvgIpc) is 2.82. The molecule has 0 heterocycles. The zero-order valence-corrected chi connectivity index (χ0v) is 12.7. The molecule has 4 nitrogen and oxygen atoms in total. The van der Waals surface area contributed by atoms with Crippen molar-refractivity contribution in [1.29, 1.82) is 0 Å². The third-order valence-electron chi connectivity index (χ3n) is 3.62. The predicted molar refractivity (Wildman–Crippen MR) is 75.7 cm³/mol. The number of carbonyl (C=O) groups excluding carboxylic acids is 1. The maximum absolute atomic E-state index is 11.6. The van der Waals surface area contributed by atoms with Gasteiger partial charge in [-0.2, -0.15) is 0 Å². The van der Waals surface area contributed by atoms with Crippen LogP contribution in [-0.4, -0.2) is 30.8 Å². The Morgan fingerprint density at radius 2 is 1.79 bits per heavy atom. The molecule has 2 N–H and O–H groups in total.